The molecule has 20 heavy (non-hydrogen) atoms. The van der Waals surface area contributed by atoms with Crippen molar-refractivity contribution in [3.8, 4) is 5.75 Å². The lowest BCUT2D eigenvalue weighted by Gasteiger charge is -2.23. The van der Waals surface area contributed by atoms with Crippen LogP contribution >= 0.6 is 23.4 Å². The van der Waals surface area contributed by atoms with Crippen LogP contribution in [-0.2, 0) is 0 Å². The van der Waals surface area contributed by atoms with Crippen molar-refractivity contribution in [1.82, 2.24) is 0 Å². The minimum Gasteiger partial charge on any atom is -0.484 e. The van der Waals surface area contributed by atoms with Crippen molar-refractivity contribution in [3.63, 3.8) is 0 Å². The van der Waals surface area contributed by atoms with Gasteiger partial charge in [-0.25, -0.2) is 0 Å². The van der Waals surface area contributed by atoms with E-state index >= 15 is 0 Å². The number of rotatable bonds is 5. The first-order chi connectivity index (χ1) is 9.60. The Kier molecular flexibility index (Phi) is 5.35. The molecule has 2 nitrogen and oxygen atoms in total. The van der Waals surface area contributed by atoms with Gasteiger partial charge in [-0.1, -0.05) is 23.7 Å². The molecule has 2 aromatic rings. The third-order valence-corrected chi connectivity index (χ3v) is 3.99. The van der Waals surface area contributed by atoms with Crippen molar-refractivity contribution >= 4 is 23.4 Å². The van der Waals surface area contributed by atoms with Gasteiger partial charge in [-0.15, -0.1) is 11.8 Å². The Morgan fingerprint density at radius 3 is 2.15 bits per heavy atom. The molecule has 2 N–H and O–H groups in total. The Hall–Kier alpha value is -1.16. The fourth-order valence-electron chi connectivity index (χ4n) is 1.93. The quantitative estimate of drug-likeness (QED) is 0.824. The van der Waals surface area contributed by atoms with Gasteiger partial charge in [0.15, 0.2) is 0 Å². The van der Waals surface area contributed by atoms with E-state index in [4.69, 9.17) is 22.1 Å². The average molecular weight is 308 g/mol. The lowest BCUT2D eigenvalue weighted by molar-refractivity contribution is 0.180. The maximum atomic E-state index is 6.05. The average Bonchev–Trinajstić information content (AvgIpc) is 2.46. The van der Waals surface area contributed by atoms with Crippen LogP contribution in [0.1, 0.15) is 18.6 Å². The maximum Gasteiger partial charge on any atom is 0.138 e. The van der Waals surface area contributed by atoms with Gasteiger partial charge in [0.2, 0.25) is 0 Å². The smallest absolute Gasteiger partial charge is 0.138 e. The van der Waals surface area contributed by atoms with Gasteiger partial charge in [0, 0.05) is 16.0 Å². The van der Waals surface area contributed by atoms with Gasteiger partial charge < -0.3 is 10.5 Å². The molecule has 0 spiro atoms. The molecule has 2 atom stereocenters. The molecule has 106 valence electrons. The van der Waals surface area contributed by atoms with E-state index in [1.807, 2.05) is 61.7 Å². The summed E-state index contributed by atoms with van der Waals surface area (Å²) >= 11 is 7.62. The molecule has 0 heterocycles. The summed E-state index contributed by atoms with van der Waals surface area (Å²) in [7, 11) is 0. The summed E-state index contributed by atoms with van der Waals surface area (Å²) in [4.78, 5) is 1.21. The molecule has 0 aliphatic rings. The Morgan fingerprint density at radius 1 is 1.05 bits per heavy atom. The van der Waals surface area contributed by atoms with E-state index in [2.05, 4.69) is 0 Å². The molecular formula is C16H18ClNOS. The number of nitrogens with two attached hydrogens (primary N) is 1. The van der Waals surface area contributed by atoms with Gasteiger partial charge in [-0.3, -0.25) is 0 Å². The molecule has 0 amide bonds. The molecule has 0 radical (unpaired) electrons. The maximum absolute atomic E-state index is 6.05. The number of hydrogen-bond donors (Lipinski definition) is 1. The van der Waals surface area contributed by atoms with Crippen LogP contribution in [0.15, 0.2) is 53.4 Å². The highest BCUT2D eigenvalue weighted by Gasteiger charge is 2.18. The highest BCUT2D eigenvalue weighted by molar-refractivity contribution is 7.98. The fourth-order valence-corrected chi connectivity index (χ4v) is 2.47. The first kappa shape index (κ1) is 15.2. The van der Waals surface area contributed by atoms with Crippen molar-refractivity contribution < 1.29 is 4.74 Å². The van der Waals surface area contributed by atoms with E-state index in [1.54, 1.807) is 11.8 Å². The first-order valence-corrected chi connectivity index (χ1v) is 8.02. The molecule has 0 aliphatic heterocycles. The zero-order valence-electron chi connectivity index (χ0n) is 11.5. The standard InChI is InChI=1S/C16H18ClNOS/c1-11(18)16(12-3-5-13(17)6-4-12)19-14-7-9-15(20-2)10-8-14/h3-11,16H,18H2,1-2H3. The van der Waals surface area contributed by atoms with Crippen LogP contribution in [0.3, 0.4) is 0 Å². The molecule has 4 heteroatoms. The molecular weight excluding hydrogens is 290 g/mol. The first-order valence-electron chi connectivity index (χ1n) is 6.42. The van der Waals surface area contributed by atoms with Crippen LogP contribution in [0.4, 0.5) is 0 Å². The predicted molar refractivity (Wildman–Crippen MR) is 86.7 cm³/mol. The molecule has 0 aliphatic carbocycles. The molecule has 2 unspecified atom stereocenters. The summed E-state index contributed by atoms with van der Waals surface area (Å²) in [5, 5.41) is 0.710. The summed E-state index contributed by atoms with van der Waals surface area (Å²) in [5.74, 6) is 0.819. The highest BCUT2D eigenvalue weighted by atomic mass is 35.5. The van der Waals surface area contributed by atoms with Crippen molar-refractivity contribution in [3.05, 3.63) is 59.1 Å². The Labute approximate surface area is 129 Å². The molecule has 0 bridgehead atoms. The molecule has 0 aromatic heterocycles. The van der Waals surface area contributed by atoms with Gasteiger partial charge in [0.25, 0.3) is 0 Å². The number of benzene rings is 2. The highest BCUT2D eigenvalue weighted by Crippen LogP contribution is 2.27. The van der Waals surface area contributed by atoms with E-state index < -0.39 is 0 Å². The summed E-state index contributed by atoms with van der Waals surface area (Å²) in [6.07, 6.45) is 1.86. The Bertz CT molecular complexity index is 539. The van der Waals surface area contributed by atoms with E-state index in [-0.39, 0.29) is 12.1 Å². The Morgan fingerprint density at radius 2 is 1.65 bits per heavy atom. The van der Waals surface area contributed by atoms with E-state index in [1.165, 1.54) is 4.90 Å². The van der Waals surface area contributed by atoms with Crippen molar-refractivity contribution in [2.24, 2.45) is 5.73 Å². The van der Waals surface area contributed by atoms with Gasteiger partial charge >= 0.3 is 0 Å². The largest absolute Gasteiger partial charge is 0.484 e. The second kappa shape index (κ2) is 7.02. The predicted octanol–water partition coefficient (Wildman–Crippen LogP) is 4.53. The van der Waals surface area contributed by atoms with Gasteiger partial charge in [0.05, 0.1) is 0 Å². The Balaban J connectivity index is 2.18. The topological polar surface area (TPSA) is 35.2 Å². The van der Waals surface area contributed by atoms with Gasteiger partial charge in [-0.2, -0.15) is 0 Å². The monoisotopic (exact) mass is 307 g/mol. The second-order valence-corrected chi connectivity index (χ2v) is 5.94. The van der Waals surface area contributed by atoms with Gasteiger partial charge in [0.1, 0.15) is 11.9 Å². The summed E-state index contributed by atoms with van der Waals surface area (Å²) in [6.45, 7) is 1.94. The van der Waals surface area contributed by atoms with E-state index in [0.29, 0.717) is 5.02 Å². The van der Waals surface area contributed by atoms with Crippen LogP contribution < -0.4 is 10.5 Å². The number of halogens is 1. The number of hydrogen-bond acceptors (Lipinski definition) is 3. The zero-order chi connectivity index (χ0) is 14.5. The van der Waals surface area contributed by atoms with Crippen LogP contribution in [0, 0.1) is 0 Å². The minimum atomic E-state index is -0.188. The molecule has 0 saturated carbocycles. The number of thioether (sulfide) groups is 1. The second-order valence-electron chi connectivity index (χ2n) is 4.62. The van der Waals surface area contributed by atoms with Crippen LogP contribution in [0.25, 0.3) is 0 Å². The third kappa shape index (κ3) is 3.92. The van der Waals surface area contributed by atoms with Crippen LogP contribution in [-0.4, -0.2) is 12.3 Å². The molecule has 2 rings (SSSR count). The van der Waals surface area contributed by atoms with Crippen LogP contribution in [0.5, 0.6) is 5.75 Å². The summed E-state index contributed by atoms with van der Waals surface area (Å²) < 4.78 is 6.02. The fraction of sp³-hybridized carbons (Fsp3) is 0.250. The van der Waals surface area contributed by atoms with Gasteiger partial charge in [-0.05, 0) is 55.1 Å². The molecule has 0 saturated heterocycles. The van der Waals surface area contributed by atoms with Crippen LogP contribution in [0.2, 0.25) is 5.02 Å². The lowest BCUT2D eigenvalue weighted by atomic mass is 10.0. The molecule has 2 aromatic carbocycles. The van der Waals surface area contributed by atoms with E-state index in [0.717, 1.165) is 11.3 Å². The molecule has 0 fully saturated rings. The summed E-state index contributed by atoms with van der Waals surface area (Å²) in [6, 6.07) is 15.5. The van der Waals surface area contributed by atoms with Crippen molar-refractivity contribution in [2.75, 3.05) is 6.26 Å². The SMILES string of the molecule is CSc1ccc(OC(c2ccc(Cl)cc2)C(C)N)cc1. The number of ether oxygens (including phenoxy) is 1. The minimum absolute atomic E-state index is 0.114. The third-order valence-electron chi connectivity index (χ3n) is 3.00. The van der Waals surface area contributed by atoms with Crippen molar-refractivity contribution in [2.45, 2.75) is 24.0 Å². The lowest BCUT2D eigenvalue weighted by Crippen LogP contribution is -2.29. The normalized spacial score (nSPS) is 13.8. The summed E-state index contributed by atoms with van der Waals surface area (Å²) in [5.41, 5.74) is 7.07. The zero-order valence-corrected chi connectivity index (χ0v) is 13.1. The van der Waals surface area contributed by atoms with Crippen molar-refractivity contribution in [1.29, 1.82) is 0 Å². The van der Waals surface area contributed by atoms with E-state index in [9.17, 15) is 0 Å².